The lowest BCUT2D eigenvalue weighted by molar-refractivity contribution is 0.324. The van der Waals surface area contributed by atoms with Crippen molar-refractivity contribution in [3.63, 3.8) is 0 Å². The summed E-state index contributed by atoms with van der Waals surface area (Å²) in [7, 11) is 4.63. The van der Waals surface area contributed by atoms with E-state index in [1.165, 1.54) is 15.9 Å². The summed E-state index contributed by atoms with van der Waals surface area (Å²) < 4.78 is 17.9. The Morgan fingerprint density at radius 1 is 1.04 bits per heavy atom. The van der Waals surface area contributed by atoms with E-state index in [-0.39, 0.29) is 5.56 Å². The Hall–Kier alpha value is -3.46. The van der Waals surface area contributed by atoms with Crippen molar-refractivity contribution in [2.75, 3.05) is 21.3 Å². The summed E-state index contributed by atoms with van der Waals surface area (Å²) in [6, 6.07) is 7.15. The molecule has 142 valence electrons. The molecule has 0 saturated carbocycles. The van der Waals surface area contributed by atoms with E-state index >= 15 is 0 Å². The van der Waals surface area contributed by atoms with Gasteiger partial charge in [-0.1, -0.05) is 11.3 Å². The Morgan fingerprint density at radius 3 is 2.29 bits per heavy atom. The van der Waals surface area contributed by atoms with Crippen molar-refractivity contribution in [3.8, 4) is 28.6 Å². The zero-order valence-electron chi connectivity index (χ0n) is 15.4. The molecule has 9 heteroatoms. The number of thiazole rings is 1. The second-order valence-electron chi connectivity index (χ2n) is 5.74. The molecule has 0 atom stereocenters. The number of hydrogen-bond acceptors (Lipinski definition) is 8. The van der Waals surface area contributed by atoms with Gasteiger partial charge in [0.1, 0.15) is 0 Å². The Kier molecular flexibility index (Phi) is 4.66. The summed E-state index contributed by atoms with van der Waals surface area (Å²) in [5, 5.41) is 4.33. The average molecular weight is 396 g/mol. The number of pyridine rings is 1. The Morgan fingerprint density at radius 2 is 1.71 bits per heavy atom. The minimum atomic E-state index is -0.235. The zero-order chi connectivity index (χ0) is 19.7. The van der Waals surface area contributed by atoms with Crippen molar-refractivity contribution in [1.29, 1.82) is 0 Å². The second-order valence-corrected chi connectivity index (χ2v) is 6.75. The molecule has 3 aromatic heterocycles. The number of benzene rings is 1. The first-order chi connectivity index (χ1) is 13.6. The van der Waals surface area contributed by atoms with Gasteiger partial charge in [-0.2, -0.15) is 9.50 Å². The molecule has 28 heavy (non-hydrogen) atoms. The molecular formula is C19H16N4O4S. The smallest absolute Gasteiger partial charge is 0.291 e. The third-order valence-corrected chi connectivity index (χ3v) is 5.06. The van der Waals surface area contributed by atoms with Crippen LogP contribution in [0, 0.1) is 0 Å². The van der Waals surface area contributed by atoms with Crippen molar-refractivity contribution in [3.05, 3.63) is 57.1 Å². The van der Waals surface area contributed by atoms with Gasteiger partial charge in [-0.25, -0.2) is 0 Å². The van der Waals surface area contributed by atoms with Crippen molar-refractivity contribution >= 4 is 22.4 Å². The SMILES string of the molecule is COc1cc(C=c2sc3nc(-c4ccncc4)nn3c2=O)cc(OC)c1OC. The van der Waals surface area contributed by atoms with Gasteiger partial charge in [-0.15, -0.1) is 5.10 Å². The lowest BCUT2D eigenvalue weighted by Gasteiger charge is -2.12. The summed E-state index contributed by atoms with van der Waals surface area (Å²) in [5.74, 6) is 2.01. The molecule has 8 nitrogen and oxygen atoms in total. The molecule has 0 bridgehead atoms. The molecule has 0 aliphatic carbocycles. The molecule has 4 rings (SSSR count). The number of fused-ring (bicyclic) bond motifs is 1. The van der Waals surface area contributed by atoms with Crippen LogP contribution in [-0.2, 0) is 0 Å². The van der Waals surface area contributed by atoms with E-state index in [4.69, 9.17) is 14.2 Å². The second kappa shape index (κ2) is 7.28. The standard InChI is InChI=1S/C19H16N4O4S/c1-25-13-8-11(9-14(26-2)16(13)27-3)10-15-18(24)23-19(28-15)21-17(22-23)12-4-6-20-7-5-12/h4-10H,1-3H3. The maximum atomic E-state index is 12.7. The number of methoxy groups -OCH3 is 3. The highest BCUT2D eigenvalue weighted by Gasteiger charge is 2.14. The van der Waals surface area contributed by atoms with E-state index in [9.17, 15) is 4.79 Å². The number of rotatable bonds is 5. The monoisotopic (exact) mass is 396 g/mol. The third-order valence-electron chi connectivity index (χ3n) is 4.11. The highest BCUT2D eigenvalue weighted by atomic mass is 32.1. The average Bonchev–Trinajstić information content (AvgIpc) is 3.27. The van der Waals surface area contributed by atoms with Crippen LogP contribution in [0.5, 0.6) is 17.2 Å². The molecular weight excluding hydrogens is 380 g/mol. The van der Waals surface area contributed by atoms with Crippen LogP contribution in [0.1, 0.15) is 5.56 Å². The molecule has 0 aliphatic rings. The van der Waals surface area contributed by atoms with Crippen LogP contribution in [0.25, 0.3) is 22.4 Å². The van der Waals surface area contributed by atoms with E-state index in [0.717, 1.165) is 11.1 Å². The number of hydrogen-bond donors (Lipinski definition) is 0. The fourth-order valence-electron chi connectivity index (χ4n) is 2.79. The summed E-state index contributed by atoms with van der Waals surface area (Å²) in [4.78, 5) is 21.7. The van der Waals surface area contributed by atoms with Crippen LogP contribution in [0.3, 0.4) is 0 Å². The first-order valence-corrected chi connectivity index (χ1v) is 9.08. The van der Waals surface area contributed by atoms with Crippen LogP contribution >= 0.6 is 11.3 Å². The zero-order valence-corrected chi connectivity index (χ0v) is 16.2. The van der Waals surface area contributed by atoms with Crippen LogP contribution in [-0.4, -0.2) is 40.9 Å². The van der Waals surface area contributed by atoms with Crippen LogP contribution < -0.4 is 24.3 Å². The predicted octanol–water partition coefficient (Wildman–Crippen LogP) is 1.79. The molecule has 0 amide bonds. The maximum Gasteiger partial charge on any atom is 0.291 e. The van der Waals surface area contributed by atoms with Crippen molar-refractivity contribution in [2.45, 2.75) is 0 Å². The highest BCUT2D eigenvalue weighted by Crippen LogP contribution is 2.38. The number of nitrogens with zero attached hydrogens (tertiary/aromatic N) is 4. The van der Waals surface area contributed by atoms with Gasteiger partial charge in [0, 0.05) is 18.0 Å². The summed E-state index contributed by atoms with van der Waals surface area (Å²) >= 11 is 1.26. The summed E-state index contributed by atoms with van der Waals surface area (Å²) in [6.07, 6.45) is 5.07. The van der Waals surface area contributed by atoms with Gasteiger partial charge >= 0.3 is 0 Å². The Bertz CT molecular complexity index is 1230. The van der Waals surface area contributed by atoms with E-state index in [2.05, 4.69) is 15.1 Å². The van der Waals surface area contributed by atoms with Gasteiger partial charge in [0.25, 0.3) is 5.56 Å². The fraction of sp³-hybridized carbons (Fsp3) is 0.158. The maximum absolute atomic E-state index is 12.7. The topological polar surface area (TPSA) is 87.8 Å². The van der Waals surface area contributed by atoms with Crippen LogP contribution in [0.15, 0.2) is 41.5 Å². The number of ether oxygens (including phenoxy) is 3. The predicted molar refractivity (Wildman–Crippen MR) is 105 cm³/mol. The normalized spacial score (nSPS) is 11.8. The molecule has 0 N–H and O–H groups in total. The van der Waals surface area contributed by atoms with Gasteiger partial charge in [-0.3, -0.25) is 9.78 Å². The first kappa shape index (κ1) is 17.9. The lowest BCUT2D eigenvalue weighted by Crippen LogP contribution is -2.23. The number of aromatic nitrogens is 4. The highest BCUT2D eigenvalue weighted by molar-refractivity contribution is 7.15. The van der Waals surface area contributed by atoms with Gasteiger partial charge in [0.05, 0.1) is 25.9 Å². The van der Waals surface area contributed by atoms with Gasteiger partial charge in [0.15, 0.2) is 17.3 Å². The van der Waals surface area contributed by atoms with Crippen LogP contribution in [0.4, 0.5) is 0 Å². The van der Waals surface area contributed by atoms with Gasteiger partial charge in [-0.05, 0) is 35.9 Å². The Balaban J connectivity index is 1.81. The van der Waals surface area contributed by atoms with Crippen molar-refractivity contribution in [1.82, 2.24) is 19.6 Å². The third kappa shape index (κ3) is 3.05. The molecule has 0 saturated heterocycles. The van der Waals surface area contributed by atoms with E-state index < -0.39 is 0 Å². The molecule has 3 heterocycles. The van der Waals surface area contributed by atoms with Crippen molar-refractivity contribution in [2.24, 2.45) is 0 Å². The summed E-state index contributed by atoms with van der Waals surface area (Å²) in [6.45, 7) is 0. The molecule has 0 fully saturated rings. The molecule has 1 aromatic carbocycles. The van der Waals surface area contributed by atoms with E-state index in [0.29, 0.717) is 32.6 Å². The minimum absolute atomic E-state index is 0.235. The minimum Gasteiger partial charge on any atom is -0.493 e. The molecule has 0 spiro atoms. The molecule has 4 aromatic rings. The summed E-state index contributed by atoms with van der Waals surface area (Å²) in [5.41, 5.74) is 1.31. The van der Waals surface area contributed by atoms with Crippen LogP contribution in [0.2, 0.25) is 0 Å². The fourth-order valence-corrected chi connectivity index (χ4v) is 3.70. The first-order valence-electron chi connectivity index (χ1n) is 8.26. The van der Waals surface area contributed by atoms with Gasteiger partial charge in [0.2, 0.25) is 10.7 Å². The van der Waals surface area contributed by atoms with Gasteiger partial charge < -0.3 is 14.2 Å². The van der Waals surface area contributed by atoms with E-state index in [1.54, 1.807) is 64.1 Å². The molecule has 0 radical (unpaired) electrons. The molecule has 0 unspecified atom stereocenters. The molecule has 0 aliphatic heterocycles. The largest absolute Gasteiger partial charge is 0.493 e. The van der Waals surface area contributed by atoms with E-state index in [1.807, 2.05) is 0 Å². The lowest BCUT2D eigenvalue weighted by atomic mass is 10.1. The Labute approximate surface area is 163 Å². The van der Waals surface area contributed by atoms with Crippen molar-refractivity contribution < 1.29 is 14.2 Å². The quantitative estimate of drug-likeness (QED) is 0.508.